The smallest absolute Gasteiger partial charge is 0.228 e. The van der Waals surface area contributed by atoms with Gasteiger partial charge in [0.15, 0.2) is 0 Å². The maximum Gasteiger partial charge on any atom is 0.228 e. The maximum absolute atomic E-state index is 13.1. The molecule has 1 aliphatic rings. The number of unbranched alkanes of at least 4 members (excludes halogenated alkanes) is 1. The van der Waals surface area contributed by atoms with Gasteiger partial charge in [0.2, 0.25) is 5.91 Å². The molecule has 0 bridgehead atoms. The average Bonchev–Trinajstić information content (AvgIpc) is 3.32. The molecule has 4 aromatic rings. The van der Waals surface area contributed by atoms with Crippen molar-refractivity contribution in [2.75, 3.05) is 5.32 Å². The van der Waals surface area contributed by atoms with Crippen LogP contribution in [0.15, 0.2) is 60.7 Å². The van der Waals surface area contributed by atoms with Crippen LogP contribution < -0.4 is 5.32 Å². The molecule has 1 N–H and O–H groups in total. The Morgan fingerprint density at radius 1 is 1.12 bits per heavy atom. The molecule has 6 nitrogen and oxygen atoms in total. The number of amides is 1. The van der Waals surface area contributed by atoms with Crippen molar-refractivity contribution < 1.29 is 9.59 Å². The van der Waals surface area contributed by atoms with Crippen LogP contribution in [0, 0.1) is 23.2 Å². The van der Waals surface area contributed by atoms with E-state index in [0.717, 1.165) is 90.5 Å². The van der Waals surface area contributed by atoms with Crippen LogP contribution in [0.25, 0.3) is 22.2 Å². The van der Waals surface area contributed by atoms with Crippen molar-refractivity contribution in [1.29, 1.82) is 5.26 Å². The van der Waals surface area contributed by atoms with Gasteiger partial charge in [0.25, 0.3) is 0 Å². The Morgan fingerprint density at radius 3 is 2.67 bits per heavy atom. The van der Waals surface area contributed by atoms with Crippen LogP contribution in [-0.4, -0.2) is 21.7 Å². The second-order valence-corrected chi connectivity index (χ2v) is 11.0. The van der Waals surface area contributed by atoms with E-state index in [4.69, 9.17) is 16.6 Å². The lowest BCUT2D eigenvalue weighted by Gasteiger charge is -2.26. The summed E-state index contributed by atoms with van der Waals surface area (Å²) in [7, 11) is 0. The first-order valence-corrected chi connectivity index (χ1v) is 14.4. The molecule has 1 heterocycles. The summed E-state index contributed by atoms with van der Waals surface area (Å²) in [6, 6.07) is 21.7. The SMILES string of the molecule is CCCCc1nc2ccc(NC(=O)[C@@H]3CCCC[C@@H]3C=O)cc2n1Cc1ccc(-c2ccc(Cl)cc2C#N)cc1. The first-order valence-electron chi connectivity index (χ1n) is 14.0. The lowest BCUT2D eigenvalue weighted by Crippen LogP contribution is -2.32. The molecule has 7 heteroatoms. The van der Waals surface area contributed by atoms with Gasteiger partial charge in [0.1, 0.15) is 12.1 Å². The molecule has 204 valence electrons. The maximum atomic E-state index is 13.1. The fraction of sp³-hybridized carbons (Fsp3) is 0.333. The Hall–Kier alpha value is -3.95. The summed E-state index contributed by atoms with van der Waals surface area (Å²) in [5.41, 5.74) is 6.05. The van der Waals surface area contributed by atoms with E-state index in [0.29, 0.717) is 17.1 Å². The summed E-state index contributed by atoms with van der Waals surface area (Å²) < 4.78 is 2.23. The third-order valence-corrected chi connectivity index (χ3v) is 8.12. The van der Waals surface area contributed by atoms with Crippen LogP contribution >= 0.6 is 11.6 Å². The Balaban J connectivity index is 1.43. The normalized spacial score (nSPS) is 16.9. The fourth-order valence-electron chi connectivity index (χ4n) is 5.67. The molecule has 1 amide bonds. The average molecular weight is 553 g/mol. The highest BCUT2D eigenvalue weighted by Gasteiger charge is 2.30. The zero-order chi connectivity index (χ0) is 28.1. The van der Waals surface area contributed by atoms with Crippen LogP contribution in [-0.2, 0) is 22.6 Å². The molecule has 1 aliphatic carbocycles. The zero-order valence-corrected chi connectivity index (χ0v) is 23.5. The number of nitrogens with one attached hydrogen (secondary N) is 1. The van der Waals surface area contributed by atoms with Crippen molar-refractivity contribution in [3.63, 3.8) is 0 Å². The molecule has 1 fully saturated rings. The molecule has 5 rings (SSSR count). The van der Waals surface area contributed by atoms with Crippen LogP contribution in [0.5, 0.6) is 0 Å². The van der Waals surface area contributed by atoms with Crippen molar-refractivity contribution in [3.05, 3.63) is 82.6 Å². The van der Waals surface area contributed by atoms with Gasteiger partial charge in [-0.3, -0.25) is 4.79 Å². The van der Waals surface area contributed by atoms with Crippen molar-refractivity contribution in [2.45, 2.75) is 58.4 Å². The molecule has 1 aromatic heterocycles. The summed E-state index contributed by atoms with van der Waals surface area (Å²) in [6.07, 6.45) is 7.42. The van der Waals surface area contributed by atoms with Gasteiger partial charge in [-0.25, -0.2) is 4.98 Å². The van der Waals surface area contributed by atoms with Gasteiger partial charge in [0, 0.05) is 35.5 Å². The Bertz CT molecular complexity index is 1570. The fourth-order valence-corrected chi connectivity index (χ4v) is 5.84. The van der Waals surface area contributed by atoms with Gasteiger partial charge >= 0.3 is 0 Å². The number of fused-ring (bicyclic) bond motifs is 1. The monoisotopic (exact) mass is 552 g/mol. The second kappa shape index (κ2) is 12.5. The summed E-state index contributed by atoms with van der Waals surface area (Å²) in [6.45, 7) is 2.80. The minimum atomic E-state index is -0.271. The Kier molecular flexibility index (Phi) is 8.62. The number of nitriles is 1. The minimum absolute atomic E-state index is 0.0806. The zero-order valence-electron chi connectivity index (χ0n) is 22.7. The quantitative estimate of drug-likeness (QED) is 0.217. The van der Waals surface area contributed by atoms with Crippen molar-refractivity contribution in [1.82, 2.24) is 9.55 Å². The van der Waals surface area contributed by atoms with E-state index in [2.05, 4.69) is 35.0 Å². The number of nitrogens with zero attached hydrogens (tertiary/aromatic N) is 3. The topological polar surface area (TPSA) is 87.8 Å². The molecule has 0 spiro atoms. The Labute approximate surface area is 240 Å². The largest absolute Gasteiger partial charge is 0.326 e. The van der Waals surface area contributed by atoms with Gasteiger partial charge in [0.05, 0.1) is 22.7 Å². The molecule has 2 atom stereocenters. The second-order valence-electron chi connectivity index (χ2n) is 10.6. The highest BCUT2D eigenvalue weighted by molar-refractivity contribution is 6.30. The summed E-state index contributed by atoms with van der Waals surface area (Å²) in [4.78, 5) is 29.6. The first kappa shape index (κ1) is 27.6. The molecule has 1 saturated carbocycles. The Morgan fingerprint density at radius 2 is 1.93 bits per heavy atom. The van der Waals surface area contributed by atoms with Gasteiger partial charge in [-0.2, -0.15) is 5.26 Å². The van der Waals surface area contributed by atoms with E-state index in [1.807, 2.05) is 36.4 Å². The molecule has 0 radical (unpaired) electrons. The van der Waals surface area contributed by atoms with Gasteiger partial charge in [-0.1, -0.05) is 68.1 Å². The number of carbonyl (C=O) groups is 2. The van der Waals surface area contributed by atoms with Gasteiger partial charge in [-0.15, -0.1) is 0 Å². The van der Waals surface area contributed by atoms with Crippen LogP contribution in [0.4, 0.5) is 5.69 Å². The number of anilines is 1. The molecule has 0 aliphatic heterocycles. The number of aromatic nitrogens is 2. The molecular weight excluding hydrogens is 520 g/mol. The number of rotatable bonds is 9. The third kappa shape index (κ3) is 5.95. The summed E-state index contributed by atoms with van der Waals surface area (Å²) in [5, 5.41) is 13.2. The van der Waals surface area contributed by atoms with E-state index in [9.17, 15) is 14.9 Å². The number of hydrogen-bond acceptors (Lipinski definition) is 4. The number of imidazole rings is 1. The molecule has 3 aromatic carbocycles. The standard InChI is InChI=1S/C33H33ClN4O2/c1-2-3-8-32-37-30-16-14-27(36-33(40)29-7-5-4-6-24(29)21-39)18-31(30)38(32)20-22-9-11-23(12-10-22)28-15-13-26(34)17-25(28)19-35/h9-18,21,24,29H,2-8,20H2,1H3,(H,36,40)/t24-,29-/m1/s1. The van der Waals surface area contributed by atoms with E-state index in [1.165, 1.54) is 0 Å². The van der Waals surface area contributed by atoms with Crippen molar-refractivity contribution >= 4 is 40.5 Å². The van der Waals surface area contributed by atoms with Crippen LogP contribution in [0.1, 0.15) is 62.4 Å². The van der Waals surface area contributed by atoms with Gasteiger partial charge < -0.3 is 14.7 Å². The number of hydrogen-bond donors (Lipinski definition) is 1. The number of aryl methyl sites for hydroxylation is 1. The molecule has 0 saturated heterocycles. The van der Waals surface area contributed by atoms with Gasteiger partial charge in [-0.05, 0) is 66.3 Å². The predicted molar refractivity (Wildman–Crippen MR) is 159 cm³/mol. The van der Waals surface area contributed by atoms with E-state index >= 15 is 0 Å². The third-order valence-electron chi connectivity index (χ3n) is 7.89. The number of carbonyl (C=O) groups excluding carboxylic acids is 2. The van der Waals surface area contributed by atoms with E-state index in [-0.39, 0.29) is 17.7 Å². The number of aldehydes is 1. The lowest BCUT2D eigenvalue weighted by molar-refractivity contribution is -0.126. The highest BCUT2D eigenvalue weighted by atomic mass is 35.5. The highest BCUT2D eigenvalue weighted by Crippen LogP contribution is 2.31. The van der Waals surface area contributed by atoms with E-state index in [1.54, 1.807) is 12.1 Å². The number of halogens is 1. The summed E-state index contributed by atoms with van der Waals surface area (Å²) in [5.74, 6) is 0.460. The molecular formula is C33H33ClN4O2. The predicted octanol–water partition coefficient (Wildman–Crippen LogP) is 7.56. The van der Waals surface area contributed by atoms with Crippen molar-refractivity contribution in [3.8, 4) is 17.2 Å². The number of benzene rings is 3. The lowest BCUT2D eigenvalue weighted by atomic mass is 9.79. The molecule has 40 heavy (non-hydrogen) atoms. The first-order chi connectivity index (χ1) is 19.5. The van der Waals surface area contributed by atoms with Crippen LogP contribution in [0.2, 0.25) is 5.02 Å². The minimum Gasteiger partial charge on any atom is -0.326 e. The van der Waals surface area contributed by atoms with Crippen molar-refractivity contribution in [2.24, 2.45) is 11.8 Å². The summed E-state index contributed by atoms with van der Waals surface area (Å²) >= 11 is 6.08. The van der Waals surface area contributed by atoms with Crippen LogP contribution in [0.3, 0.4) is 0 Å². The van der Waals surface area contributed by atoms with E-state index < -0.39 is 0 Å². The molecule has 0 unspecified atom stereocenters.